The Morgan fingerprint density at radius 3 is 2.71 bits per heavy atom. The Bertz CT molecular complexity index is 585. The zero-order valence-corrected chi connectivity index (χ0v) is 14.9. The van der Waals surface area contributed by atoms with Crippen LogP contribution < -0.4 is 5.32 Å². The van der Waals surface area contributed by atoms with Crippen LogP contribution >= 0.6 is 15.9 Å². The molecule has 0 saturated heterocycles. The molecule has 0 fully saturated rings. The third-order valence-electron chi connectivity index (χ3n) is 3.81. The van der Waals surface area contributed by atoms with Gasteiger partial charge in [-0.2, -0.15) is 5.10 Å². The van der Waals surface area contributed by atoms with E-state index in [2.05, 4.69) is 81.7 Å². The largest absolute Gasteiger partial charge is 0.348 e. The lowest BCUT2D eigenvalue weighted by Gasteiger charge is -2.10. The second kappa shape index (κ2) is 7.27. The molecule has 2 heterocycles. The van der Waals surface area contributed by atoms with Crippen LogP contribution in [0.4, 0.5) is 0 Å². The summed E-state index contributed by atoms with van der Waals surface area (Å²) in [5.74, 6) is 0. The SMILES string of the molecule is CCNC(C)c1ccn(Cc2c(Br)c(CC)nn2CC)c1. The first kappa shape index (κ1) is 16.3. The molecule has 0 aliphatic carbocycles. The fourth-order valence-corrected chi connectivity index (χ4v) is 3.27. The second-order valence-corrected chi connectivity index (χ2v) is 6.07. The number of nitrogens with one attached hydrogen (secondary N) is 1. The molecule has 2 aromatic heterocycles. The van der Waals surface area contributed by atoms with Gasteiger partial charge < -0.3 is 9.88 Å². The molecule has 0 aromatic carbocycles. The summed E-state index contributed by atoms with van der Waals surface area (Å²) in [4.78, 5) is 0. The Hall–Kier alpha value is -1.07. The van der Waals surface area contributed by atoms with Gasteiger partial charge in [-0.3, -0.25) is 4.68 Å². The van der Waals surface area contributed by atoms with Crippen molar-refractivity contribution in [3.63, 3.8) is 0 Å². The van der Waals surface area contributed by atoms with E-state index in [0.29, 0.717) is 6.04 Å². The van der Waals surface area contributed by atoms with Crippen molar-refractivity contribution in [2.45, 2.75) is 53.2 Å². The van der Waals surface area contributed by atoms with Gasteiger partial charge >= 0.3 is 0 Å². The number of aryl methyl sites for hydroxylation is 2. The normalized spacial score (nSPS) is 12.8. The Kier molecular flexibility index (Phi) is 5.65. The molecule has 1 atom stereocenters. The van der Waals surface area contributed by atoms with Crippen LogP contribution in [0.5, 0.6) is 0 Å². The molecule has 1 unspecified atom stereocenters. The highest BCUT2D eigenvalue weighted by atomic mass is 79.9. The lowest BCUT2D eigenvalue weighted by molar-refractivity contribution is 0.586. The van der Waals surface area contributed by atoms with Gasteiger partial charge in [0.05, 0.1) is 22.4 Å². The third-order valence-corrected chi connectivity index (χ3v) is 4.73. The lowest BCUT2D eigenvalue weighted by Crippen LogP contribution is -2.17. The van der Waals surface area contributed by atoms with E-state index in [-0.39, 0.29) is 0 Å². The molecule has 0 bridgehead atoms. The summed E-state index contributed by atoms with van der Waals surface area (Å²) < 4.78 is 5.48. The van der Waals surface area contributed by atoms with E-state index in [0.717, 1.165) is 36.2 Å². The Morgan fingerprint density at radius 1 is 1.33 bits per heavy atom. The summed E-state index contributed by atoms with van der Waals surface area (Å²) in [6.07, 6.45) is 5.32. The first-order valence-corrected chi connectivity index (χ1v) is 8.53. The van der Waals surface area contributed by atoms with Gasteiger partial charge in [0.15, 0.2) is 0 Å². The molecule has 1 N–H and O–H groups in total. The highest BCUT2D eigenvalue weighted by molar-refractivity contribution is 9.10. The molecule has 0 radical (unpaired) electrons. The van der Waals surface area contributed by atoms with Crippen LogP contribution in [0.25, 0.3) is 0 Å². The van der Waals surface area contributed by atoms with Crippen molar-refractivity contribution >= 4 is 15.9 Å². The van der Waals surface area contributed by atoms with Crippen LogP contribution in [0.15, 0.2) is 22.9 Å². The fourth-order valence-electron chi connectivity index (χ4n) is 2.58. The third kappa shape index (κ3) is 3.58. The monoisotopic (exact) mass is 352 g/mol. The number of rotatable bonds is 7. The molecule has 0 aliphatic heterocycles. The summed E-state index contributed by atoms with van der Waals surface area (Å²) >= 11 is 3.71. The van der Waals surface area contributed by atoms with Crippen LogP contribution in [0.2, 0.25) is 0 Å². The van der Waals surface area contributed by atoms with Gasteiger partial charge in [0, 0.05) is 25.0 Å². The highest BCUT2D eigenvalue weighted by Gasteiger charge is 2.14. The quantitative estimate of drug-likeness (QED) is 0.823. The summed E-state index contributed by atoms with van der Waals surface area (Å²) in [6, 6.07) is 2.58. The molecule has 2 aromatic rings. The fraction of sp³-hybridized carbons (Fsp3) is 0.562. The molecule has 5 heteroatoms. The molecule has 0 spiro atoms. The molecule has 2 rings (SSSR count). The van der Waals surface area contributed by atoms with Crippen LogP contribution in [0, 0.1) is 0 Å². The van der Waals surface area contributed by atoms with E-state index in [1.807, 2.05) is 0 Å². The van der Waals surface area contributed by atoms with Crippen molar-refractivity contribution in [3.05, 3.63) is 39.9 Å². The summed E-state index contributed by atoms with van der Waals surface area (Å²) in [6.45, 7) is 11.3. The summed E-state index contributed by atoms with van der Waals surface area (Å²) in [5.41, 5.74) is 3.71. The van der Waals surface area contributed by atoms with Crippen LogP contribution in [0.3, 0.4) is 0 Å². The molecule has 0 aliphatic rings. The first-order valence-electron chi connectivity index (χ1n) is 7.73. The molecule has 0 saturated carbocycles. The first-order chi connectivity index (χ1) is 10.1. The predicted octanol–water partition coefficient (Wildman–Crippen LogP) is 3.75. The van der Waals surface area contributed by atoms with E-state index in [4.69, 9.17) is 0 Å². The number of hydrogen-bond donors (Lipinski definition) is 1. The van der Waals surface area contributed by atoms with Gasteiger partial charge in [0.25, 0.3) is 0 Å². The molecule has 116 valence electrons. The maximum absolute atomic E-state index is 4.66. The van der Waals surface area contributed by atoms with Crippen molar-refractivity contribution < 1.29 is 0 Å². The lowest BCUT2D eigenvalue weighted by atomic mass is 10.2. The maximum atomic E-state index is 4.66. The topological polar surface area (TPSA) is 34.8 Å². The minimum Gasteiger partial charge on any atom is -0.348 e. The van der Waals surface area contributed by atoms with Gasteiger partial charge in [0.2, 0.25) is 0 Å². The summed E-state index contributed by atoms with van der Waals surface area (Å²) in [7, 11) is 0. The van der Waals surface area contributed by atoms with Crippen LogP contribution in [0.1, 0.15) is 50.7 Å². The van der Waals surface area contributed by atoms with E-state index in [9.17, 15) is 0 Å². The Morgan fingerprint density at radius 2 is 2.10 bits per heavy atom. The summed E-state index contributed by atoms with van der Waals surface area (Å²) in [5, 5.41) is 8.10. The number of nitrogens with zero attached hydrogens (tertiary/aromatic N) is 3. The number of hydrogen-bond acceptors (Lipinski definition) is 2. The second-order valence-electron chi connectivity index (χ2n) is 5.27. The standard InChI is InChI=1S/C16H25BrN4/c1-5-14-16(17)15(21(7-3)19-14)11-20-9-8-13(10-20)12(4)18-6-2/h8-10,12,18H,5-7,11H2,1-4H3. The van der Waals surface area contributed by atoms with Gasteiger partial charge in [-0.25, -0.2) is 0 Å². The minimum atomic E-state index is 0.391. The molecule has 4 nitrogen and oxygen atoms in total. The van der Waals surface area contributed by atoms with E-state index in [1.165, 1.54) is 11.3 Å². The van der Waals surface area contributed by atoms with Gasteiger partial charge in [-0.15, -0.1) is 0 Å². The number of aromatic nitrogens is 3. The smallest absolute Gasteiger partial charge is 0.0767 e. The minimum absolute atomic E-state index is 0.391. The zero-order valence-electron chi connectivity index (χ0n) is 13.4. The Labute approximate surface area is 135 Å². The molecular weight excluding hydrogens is 328 g/mol. The van der Waals surface area contributed by atoms with Crippen molar-refractivity contribution in [2.75, 3.05) is 6.54 Å². The number of halogens is 1. The van der Waals surface area contributed by atoms with Crippen molar-refractivity contribution in [1.29, 1.82) is 0 Å². The van der Waals surface area contributed by atoms with Gasteiger partial charge in [-0.05, 0) is 54.4 Å². The predicted molar refractivity (Wildman–Crippen MR) is 90.6 cm³/mol. The van der Waals surface area contributed by atoms with Crippen LogP contribution in [-0.4, -0.2) is 20.9 Å². The zero-order chi connectivity index (χ0) is 15.4. The van der Waals surface area contributed by atoms with Crippen molar-refractivity contribution in [2.24, 2.45) is 0 Å². The Balaban J connectivity index is 2.20. The van der Waals surface area contributed by atoms with Crippen molar-refractivity contribution in [3.8, 4) is 0 Å². The van der Waals surface area contributed by atoms with Gasteiger partial charge in [-0.1, -0.05) is 13.8 Å². The van der Waals surface area contributed by atoms with Crippen molar-refractivity contribution in [1.82, 2.24) is 19.7 Å². The molecule has 0 amide bonds. The molecule has 21 heavy (non-hydrogen) atoms. The van der Waals surface area contributed by atoms with Crippen LogP contribution in [-0.2, 0) is 19.5 Å². The maximum Gasteiger partial charge on any atom is 0.0767 e. The van der Waals surface area contributed by atoms with E-state index < -0.39 is 0 Å². The van der Waals surface area contributed by atoms with E-state index in [1.54, 1.807) is 0 Å². The van der Waals surface area contributed by atoms with Gasteiger partial charge in [0.1, 0.15) is 0 Å². The van der Waals surface area contributed by atoms with E-state index >= 15 is 0 Å². The average molecular weight is 353 g/mol. The highest BCUT2D eigenvalue weighted by Crippen LogP contribution is 2.24. The average Bonchev–Trinajstić information content (AvgIpc) is 3.06. The molecular formula is C16H25BrN4.